The lowest BCUT2D eigenvalue weighted by Crippen LogP contribution is -2.24. The van der Waals surface area contributed by atoms with Gasteiger partial charge in [-0.1, -0.05) is 133 Å². The minimum absolute atomic E-state index is 0.896. The van der Waals surface area contributed by atoms with Crippen molar-refractivity contribution < 1.29 is 0 Å². The van der Waals surface area contributed by atoms with E-state index in [9.17, 15) is 0 Å². The third-order valence-electron chi connectivity index (χ3n) is 11.5. The van der Waals surface area contributed by atoms with Gasteiger partial charge < -0.3 is 10.6 Å². The molecule has 2 heteroatoms. The first-order chi connectivity index (χ1) is 29.0. The minimum atomic E-state index is 0.896. The highest BCUT2D eigenvalue weighted by molar-refractivity contribution is 5.92. The second-order valence-electron chi connectivity index (χ2n) is 16.2. The molecule has 0 unspecified atom stereocenters. The zero-order valence-corrected chi connectivity index (χ0v) is 37.0. The van der Waals surface area contributed by atoms with Gasteiger partial charge in [0.05, 0.1) is 5.70 Å². The third-order valence-corrected chi connectivity index (χ3v) is 11.5. The first-order valence-electron chi connectivity index (χ1n) is 21.4. The highest BCUT2D eigenvalue weighted by Crippen LogP contribution is 2.49. The number of hydrogen-bond donors (Lipinski definition) is 1. The fourth-order valence-electron chi connectivity index (χ4n) is 9.28. The third kappa shape index (κ3) is 9.40. The molecule has 3 aromatic rings. The normalized spacial score (nSPS) is 19.3. The van der Waals surface area contributed by atoms with Crippen LogP contribution in [0.4, 0.5) is 0 Å². The SMILES string of the molecule is C=C/C=C(\C=C/C)N1/C=C\C(c2cc(C)cc(C)c2)=C/C(=C)/C(C=C)=C\1C1=C2CCCc3c(/C=C\C=C/N)c(C(/C=C/c4cc(C)cc(C)c4)=C(C)/C=C\C)cc(c32)CC1. The Balaban J connectivity index is 1.64. The van der Waals surface area contributed by atoms with E-state index in [4.69, 9.17) is 12.3 Å². The molecule has 0 aromatic heterocycles. The maximum Gasteiger partial charge on any atom is 0.0568 e. The molecule has 1 heterocycles. The summed E-state index contributed by atoms with van der Waals surface area (Å²) in [4.78, 5) is 2.35. The van der Waals surface area contributed by atoms with Crippen molar-refractivity contribution in [2.24, 2.45) is 5.73 Å². The largest absolute Gasteiger partial charge is 0.405 e. The molecule has 304 valence electrons. The summed E-state index contributed by atoms with van der Waals surface area (Å²) in [6.45, 7) is 28.3. The topological polar surface area (TPSA) is 29.3 Å². The van der Waals surface area contributed by atoms with Gasteiger partial charge in [0.1, 0.15) is 0 Å². The van der Waals surface area contributed by atoms with Gasteiger partial charge >= 0.3 is 0 Å². The fourth-order valence-corrected chi connectivity index (χ4v) is 9.28. The van der Waals surface area contributed by atoms with Gasteiger partial charge in [0.15, 0.2) is 0 Å². The first kappa shape index (κ1) is 43.2. The van der Waals surface area contributed by atoms with Crippen LogP contribution in [0.2, 0.25) is 0 Å². The lowest BCUT2D eigenvalue weighted by Gasteiger charge is -2.37. The second-order valence-corrected chi connectivity index (χ2v) is 16.2. The summed E-state index contributed by atoms with van der Waals surface area (Å²) in [5.41, 5.74) is 30.5. The smallest absolute Gasteiger partial charge is 0.0568 e. The molecule has 0 radical (unpaired) electrons. The highest BCUT2D eigenvalue weighted by atomic mass is 15.1. The van der Waals surface area contributed by atoms with Gasteiger partial charge in [0.25, 0.3) is 0 Å². The molecule has 6 rings (SSSR count). The molecule has 0 amide bonds. The number of hydrogen-bond acceptors (Lipinski definition) is 2. The molecule has 0 spiro atoms. The van der Waals surface area contributed by atoms with E-state index in [0.717, 1.165) is 60.2 Å². The van der Waals surface area contributed by atoms with Crippen LogP contribution in [-0.4, -0.2) is 4.90 Å². The van der Waals surface area contributed by atoms with Crippen LogP contribution in [0.25, 0.3) is 28.9 Å². The molecule has 3 aromatic carbocycles. The van der Waals surface area contributed by atoms with Crippen LogP contribution in [0.3, 0.4) is 0 Å². The quantitative estimate of drug-likeness (QED) is 0.185. The van der Waals surface area contributed by atoms with Crippen LogP contribution in [0.15, 0.2) is 181 Å². The Morgan fingerprint density at radius 1 is 0.767 bits per heavy atom. The van der Waals surface area contributed by atoms with E-state index >= 15 is 0 Å². The van der Waals surface area contributed by atoms with E-state index in [1.54, 1.807) is 6.20 Å². The van der Waals surface area contributed by atoms with E-state index in [1.807, 2.05) is 18.2 Å². The van der Waals surface area contributed by atoms with Crippen molar-refractivity contribution in [1.29, 1.82) is 0 Å². The van der Waals surface area contributed by atoms with E-state index in [1.165, 1.54) is 83.5 Å². The first-order valence-corrected chi connectivity index (χ1v) is 21.4. The van der Waals surface area contributed by atoms with Gasteiger partial charge in [0.2, 0.25) is 0 Å². The Kier molecular flexibility index (Phi) is 14.1. The molecule has 60 heavy (non-hydrogen) atoms. The van der Waals surface area contributed by atoms with Crippen molar-refractivity contribution in [3.05, 3.63) is 242 Å². The predicted molar refractivity (Wildman–Crippen MR) is 264 cm³/mol. The van der Waals surface area contributed by atoms with Gasteiger partial charge in [-0.15, -0.1) is 0 Å². The Bertz CT molecular complexity index is 2530. The van der Waals surface area contributed by atoms with Crippen molar-refractivity contribution in [2.45, 2.75) is 80.6 Å². The van der Waals surface area contributed by atoms with Gasteiger partial charge in [-0.05, 0) is 196 Å². The van der Waals surface area contributed by atoms with Gasteiger partial charge in [-0.25, -0.2) is 0 Å². The number of nitrogens with two attached hydrogens (primary N) is 1. The van der Waals surface area contributed by atoms with Crippen molar-refractivity contribution in [3.8, 4) is 0 Å². The molecule has 0 atom stereocenters. The van der Waals surface area contributed by atoms with Crippen molar-refractivity contribution >= 4 is 28.9 Å². The van der Waals surface area contributed by atoms with Crippen LogP contribution < -0.4 is 5.73 Å². The molecule has 1 aliphatic heterocycles. The van der Waals surface area contributed by atoms with Gasteiger partial charge in [0, 0.05) is 17.5 Å². The van der Waals surface area contributed by atoms with Gasteiger partial charge in [-0.2, -0.15) is 0 Å². The number of aryl methyl sites for hydroxylation is 5. The summed E-state index contributed by atoms with van der Waals surface area (Å²) in [5.74, 6) is 0. The van der Waals surface area contributed by atoms with Crippen LogP contribution in [-0.2, 0) is 12.8 Å². The lowest BCUT2D eigenvalue weighted by atomic mass is 9.71. The maximum atomic E-state index is 5.91. The molecule has 3 aliphatic rings. The van der Waals surface area contributed by atoms with Crippen molar-refractivity contribution in [1.82, 2.24) is 4.90 Å². The summed E-state index contributed by atoms with van der Waals surface area (Å²) in [6, 6.07) is 16.0. The molecule has 0 bridgehead atoms. The summed E-state index contributed by atoms with van der Waals surface area (Å²) >= 11 is 0. The van der Waals surface area contributed by atoms with Crippen LogP contribution in [0, 0.1) is 27.7 Å². The standard InChI is InChI=1S/C58H62N2/c1-11-18-43(9)51(26-24-45-33-39(5)31-40(6)34-45)56-38-47-25-27-55(54-23-17-22-53(57(47)54)52(56)21-15-16-29-59)58-50(14-4)44(10)37-46(48-35-41(7)32-42(8)36-48)28-30-60(58)49(19-12-2)20-13-3/h11-16,18-21,24,26,28-38H,2,4,10,17,22-23,25,27,59H2,1,3,5-9H3/b18-11-,20-13-,21-15-,26-24+,29-16-,30-28-,46-37+,49-19+,51-43+,58-50-. The van der Waals surface area contributed by atoms with E-state index < -0.39 is 0 Å². The fraction of sp³-hybridized carbons (Fsp3) is 0.207. The molecule has 0 saturated heterocycles. The summed E-state index contributed by atoms with van der Waals surface area (Å²) in [7, 11) is 0. The monoisotopic (exact) mass is 786 g/mol. The van der Waals surface area contributed by atoms with E-state index in [-0.39, 0.29) is 0 Å². The van der Waals surface area contributed by atoms with Crippen LogP contribution >= 0.6 is 0 Å². The number of allylic oxidation sites excluding steroid dienone is 19. The minimum Gasteiger partial charge on any atom is -0.405 e. The molecule has 0 fully saturated rings. The molecule has 0 saturated carbocycles. The highest BCUT2D eigenvalue weighted by Gasteiger charge is 2.32. The second kappa shape index (κ2) is 19.6. The average molecular weight is 787 g/mol. The average Bonchev–Trinajstić information content (AvgIpc) is 3.20. The molecule has 2 N–H and O–H groups in total. The van der Waals surface area contributed by atoms with Crippen molar-refractivity contribution in [2.75, 3.05) is 0 Å². The zero-order valence-electron chi connectivity index (χ0n) is 37.0. The van der Waals surface area contributed by atoms with Crippen LogP contribution in [0.5, 0.6) is 0 Å². The number of benzene rings is 3. The Hall–Kier alpha value is -6.38. The number of nitrogens with zero attached hydrogens (tertiary/aromatic N) is 1. The summed E-state index contributed by atoms with van der Waals surface area (Å²) < 4.78 is 0. The van der Waals surface area contributed by atoms with Gasteiger partial charge in [-0.3, -0.25) is 0 Å². The molecule has 2 aliphatic carbocycles. The van der Waals surface area contributed by atoms with E-state index in [0.29, 0.717) is 0 Å². The molecular formula is C58H62N2. The van der Waals surface area contributed by atoms with E-state index in [2.05, 4.69) is 182 Å². The number of rotatable bonds is 12. The Labute approximate surface area is 361 Å². The molecular weight excluding hydrogens is 725 g/mol. The summed E-state index contributed by atoms with van der Waals surface area (Å²) in [6.07, 6.45) is 38.7. The lowest BCUT2D eigenvalue weighted by molar-refractivity contribution is 0.586. The van der Waals surface area contributed by atoms with Crippen molar-refractivity contribution in [3.63, 3.8) is 0 Å². The predicted octanol–water partition coefficient (Wildman–Crippen LogP) is 15.1. The zero-order chi connectivity index (χ0) is 42.9. The Morgan fingerprint density at radius 3 is 2.12 bits per heavy atom. The summed E-state index contributed by atoms with van der Waals surface area (Å²) in [5, 5.41) is 0. The maximum absolute atomic E-state index is 5.91. The van der Waals surface area contributed by atoms with Crippen LogP contribution in [0.1, 0.15) is 101 Å². The Morgan fingerprint density at radius 2 is 1.47 bits per heavy atom. The molecule has 2 nitrogen and oxygen atoms in total.